The summed E-state index contributed by atoms with van der Waals surface area (Å²) in [6.45, 7) is 0. The molecule has 0 saturated heterocycles. The normalized spacial score (nSPS) is 20.9. The first kappa shape index (κ1) is 18.4. The van der Waals surface area contributed by atoms with Gasteiger partial charge < -0.3 is 10.4 Å². The Kier molecular flexibility index (Phi) is 5.03. The zero-order valence-corrected chi connectivity index (χ0v) is 14.5. The van der Waals surface area contributed by atoms with Crippen LogP contribution in [0.1, 0.15) is 34.9 Å². The number of pyridine rings is 1. The van der Waals surface area contributed by atoms with E-state index < -0.39 is 39.5 Å². The van der Waals surface area contributed by atoms with Crippen molar-refractivity contribution in [1.29, 1.82) is 0 Å². The lowest BCUT2D eigenvalue weighted by atomic mass is 9.76. The maximum atomic E-state index is 14.1. The molecule has 0 aliphatic heterocycles. The molecule has 1 saturated carbocycles. The van der Waals surface area contributed by atoms with Crippen LogP contribution in [0.4, 0.5) is 4.39 Å². The third kappa shape index (κ3) is 3.90. The molecule has 1 atom stereocenters. The third-order valence-corrected chi connectivity index (χ3v) is 5.34. The van der Waals surface area contributed by atoms with Crippen molar-refractivity contribution in [2.45, 2.75) is 29.9 Å². The number of nitrogens with two attached hydrogens (primary N) is 1. The average molecular weight is 379 g/mol. The van der Waals surface area contributed by atoms with Crippen molar-refractivity contribution in [2.75, 3.05) is 0 Å². The number of nitrogens with zero attached hydrogens (tertiary/aromatic N) is 1. The zero-order valence-electron chi connectivity index (χ0n) is 13.7. The fourth-order valence-corrected chi connectivity index (χ4v) is 3.51. The van der Waals surface area contributed by atoms with Gasteiger partial charge in [0, 0.05) is 6.20 Å². The number of halogens is 1. The number of sulfonamides is 1. The van der Waals surface area contributed by atoms with E-state index in [1.54, 1.807) is 24.4 Å². The van der Waals surface area contributed by atoms with E-state index in [2.05, 4.69) is 10.3 Å². The van der Waals surface area contributed by atoms with Gasteiger partial charge in [0.25, 0.3) is 5.91 Å². The highest BCUT2D eigenvalue weighted by molar-refractivity contribution is 7.89. The highest BCUT2D eigenvalue weighted by atomic mass is 32.2. The van der Waals surface area contributed by atoms with E-state index in [-0.39, 0.29) is 10.8 Å². The lowest BCUT2D eigenvalue weighted by Gasteiger charge is -2.37. The lowest BCUT2D eigenvalue weighted by Crippen LogP contribution is -2.42. The van der Waals surface area contributed by atoms with Crippen molar-refractivity contribution in [3.05, 3.63) is 59.7 Å². The van der Waals surface area contributed by atoms with Gasteiger partial charge in [-0.2, -0.15) is 0 Å². The second-order valence-electron chi connectivity index (χ2n) is 6.28. The molecule has 4 N–H and O–H groups in total. The van der Waals surface area contributed by atoms with E-state index in [4.69, 9.17) is 5.14 Å². The van der Waals surface area contributed by atoms with Crippen LogP contribution in [0.15, 0.2) is 47.5 Å². The van der Waals surface area contributed by atoms with Crippen LogP contribution < -0.4 is 10.5 Å². The fraction of sp³-hybridized carbons (Fsp3) is 0.294. The molecular formula is C17H18FN3O4S. The van der Waals surface area contributed by atoms with Gasteiger partial charge in [0.2, 0.25) is 10.0 Å². The Morgan fingerprint density at radius 1 is 1.31 bits per heavy atom. The van der Waals surface area contributed by atoms with E-state index in [1.165, 1.54) is 0 Å². The van der Waals surface area contributed by atoms with Gasteiger partial charge >= 0.3 is 0 Å². The van der Waals surface area contributed by atoms with Crippen molar-refractivity contribution in [3.63, 3.8) is 0 Å². The van der Waals surface area contributed by atoms with Gasteiger partial charge in [0.15, 0.2) is 0 Å². The smallest absolute Gasteiger partial charge is 0.254 e. The number of benzene rings is 1. The minimum absolute atomic E-state index is 0.0478. The van der Waals surface area contributed by atoms with Crippen LogP contribution in [0.25, 0.3) is 0 Å². The molecule has 1 aromatic heterocycles. The SMILES string of the molecule is NS(=O)(=O)c1ccc(F)c(C(=O)NC(c2ccccn2)C2CC(O)C2)c1. The van der Waals surface area contributed by atoms with E-state index in [0.29, 0.717) is 18.5 Å². The van der Waals surface area contributed by atoms with Crippen LogP contribution in [-0.2, 0) is 10.0 Å². The first-order chi connectivity index (χ1) is 12.3. The molecule has 7 nitrogen and oxygen atoms in total. The number of aliphatic hydroxyl groups excluding tert-OH is 1. The Morgan fingerprint density at radius 3 is 2.62 bits per heavy atom. The number of primary sulfonamides is 1. The van der Waals surface area contributed by atoms with Gasteiger partial charge in [-0.25, -0.2) is 17.9 Å². The number of rotatable bonds is 5. The maximum absolute atomic E-state index is 14.1. The van der Waals surface area contributed by atoms with Crippen LogP contribution in [0.5, 0.6) is 0 Å². The minimum atomic E-state index is -4.07. The monoisotopic (exact) mass is 379 g/mol. The molecule has 1 unspecified atom stereocenters. The van der Waals surface area contributed by atoms with Crippen LogP contribution in [0.3, 0.4) is 0 Å². The number of carbonyl (C=O) groups excluding carboxylic acids is 1. The van der Waals surface area contributed by atoms with Crippen LogP contribution in [-0.4, -0.2) is 30.5 Å². The number of aromatic nitrogens is 1. The molecule has 1 amide bonds. The summed E-state index contributed by atoms with van der Waals surface area (Å²) in [4.78, 5) is 16.5. The Morgan fingerprint density at radius 2 is 2.04 bits per heavy atom. The number of aliphatic hydroxyl groups is 1. The highest BCUT2D eigenvalue weighted by Gasteiger charge is 2.36. The Labute approximate surface area is 150 Å². The average Bonchev–Trinajstić information content (AvgIpc) is 2.57. The topological polar surface area (TPSA) is 122 Å². The Bertz CT molecular complexity index is 915. The molecule has 0 spiro atoms. The van der Waals surface area contributed by atoms with Gasteiger partial charge in [-0.15, -0.1) is 0 Å². The molecule has 26 heavy (non-hydrogen) atoms. The van der Waals surface area contributed by atoms with Crippen molar-refractivity contribution in [3.8, 4) is 0 Å². The van der Waals surface area contributed by atoms with Crippen molar-refractivity contribution in [1.82, 2.24) is 10.3 Å². The number of hydrogen-bond donors (Lipinski definition) is 3. The molecule has 1 aliphatic carbocycles. The Hall–Kier alpha value is -2.36. The summed E-state index contributed by atoms with van der Waals surface area (Å²) in [5, 5.41) is 17.3. The van der Waals surface area contributed by atoms with Gasteiger partial charge in [-0.05, 0) is 49.1 Å². The molecule has 9 heteroatoms. The summed E-state index contributed by atoms with van der Waals surface area (Å²) >= 11 is 0. The zero-order chi connectivity index (χ0) is 18.9. The molecule has 0 bridgehead atoms. The third-order valence-electron chi connectivity index (χ3n) is 4.43. The maximum Gasteiger partial charge on any atom is 0.254 e. The second kappa shape index (κ2) is 7.10. The fourth-order valence-electron chi connectivity index (χ4n) is 2.97. The van der Waals surface area contributed by atoms with Crippen LogP contribution in [0.2, 0.25) is 0 Å². The van der Waals surface area contributed by atoms with Crippen LogP contribution in [0, 0.1) is 11.7 Å². The van der Waals surface area contributed by atoms with Gasteiger partial charge in [0.1, 0.15) is 5.82 Å². The van der Waals surface area contributed by atoms with Crippen molar-refractivity contribution >= 4 is 15.9 Å². The molecular weight excluding hydrogens is 361 g/mol. The summed E-state index contributed by atoms with van der Waals surface area (Å²) < 4.78 is 37.0. The summed E-state index contributed by atoms with van der Waals surface area (Å²) in [6.07, 6.45) is 2.11. The van der Waals surface area contributed by atoms with Gasteiger partial charge in [-0.1, -0.05) is 6.07 Å². The summed E-state index contributed by atoms with van der Waals surface area (Å²) in [5.41, 5.74) is 0.165. The minimum Gasteiger partial charge on any atom is -0.393 e. The molecule has 1 aromatic carbocycles. The molecule has 2 aromatic rings. The molecule has 0 radical (unpaired) electrons. The van der Waals surface area contributed by atoms with Gasteiger partial charge in [0.05, 0.1) is 28.3 Å². The number of nitrogens with one attached hydrogen (secondary N) is 1. The summed E-state index contributed by atoms with van der Waals surface area (Å²) in [7, 11) is -4.07. The predicted molar refractivity (Wildman–Crippen MR) is 90.9 cm³/mol. The largest absolute Gasteiger partial charge is 0.393 e. The lowest BCUT2D eigenvalue weighted by molar-refractivity contribution is 0.0227. The van der Waals surface area contributed by atoms with E-state index in [1.807, 2.05) is 0 Å². The first-order valence-corrected chi connectivity index (χ1v) is 9.52. The van der Waals surface area contributed by atoms with E-state index in [9.17, 15) is 22.7 Å². The summed E-state index contributed by atoms with van der Waals surface area (Å²) in [5.74, 6) is -1.68. The number of hydrogen-bond acceptors (Lipinski definition) is 5. The van der Waals surface area contributed by atoms with Gasteiger partial charge in [-0.3, -0.25) is 9.78 Å². The number of carbonyl (C=O) groups is 1. The predicted octanol–water partition coefficient (Wildman–Crippen LogP) is 1.11. The van der Waals surface area contributed by atoms with E-state index in [0.717, 1.165) is 18.2 Å². The standard InChI is InChI=1S/C17H18FN3O4S/c18-14-5-4-12(26(19,24)25)9-13(14)17(23)21-16(10-7-11(22)8-10)15-3-1-2-6-20-15/h1-6,9-11,16,22H,7-8H2,(H,21,23)(H2,19,24,25). The van der Waals surface area contributed by atoms with E-state index >= 15 is 0 Å². The Balaban J connectivity index is 1.89. The van der Waals surface area contributed by atoms with Crippen molar-refractivity contribution < 1.29 is 22.7 Å². The second-order valence-corrected chi connectivity index (χ2v) is 7.84. The molecule has 1 fully saturated rings. The molecule has 138 valence electrons. The number of amides is 1. The quantitative estimate of drug-likeness (QED) is 0.718. The molecule has 1 aliphatic rings. The molecule has 3 rings (SSSR count). The molecule has 1 heterocycles. The highest BCUT2D eigenvalue weighted by Crippen LogP contribution is 2.37. The van der Waals surface area contributed by atoms with Crippen molar-refractivity contribution in [2.24, 2.45) is 11.1 Å². The first-order valence-electron chi connectivity index (χ1n) is 7.98. The summed E-state index contributed by atoms with van der Waals surface area (Å²) in [6, 6.07) is 7.49. The van der Waals surface area contributed by atoms with Crippen LogP contribution >= 0.6 is 0 Å².